The van der Waals surface area contributed by atoms with Crippen molar-refractivity contribution >= 4 is 28.7 Å². The summed E-state index contributed by atoms with van der Waals surface area (Å²) in [5.74, 6) is 0.350. The Balaban J connectivity index is 1.97. The SMILES string of the molecule is CCCCCCCCCCCCn1c(SCC(C)=O)nc2c1c(=O)[nH]c(=O)n2C. The van der Waals surface area contributed by atoms with E-state index in [2.05, 4.69) is 16.9 Å². The number of Topliss-reactive ketones (excluding diaryl/α,β-unsaturated/α-hetero) is 1. The van der Waals surface area contributed by atoms with Crippen LogP contribution in [0.3, 0.4) is 0 Å². The number of nitrogens with zero attached hydrogens (tertiary/aromatic N) is 3. The number of aromatic nitrogens is 4. The molecule has 8 heteroatoms. The Morgan fingerprint density at radius 2 is 1.59 bits per heavy atom. The number of ketones is 1. The summed E-state index contributed by atoms with van der Waals surface area (Å²) in [6, 6.07) is 0. The van der Waals surface area contributed by atoms with E-state index in [1.165, 1.54) is 74.6 Å². The first-order valence-electron chi connectivity index (χ1n) is 10.8. The van der Waals surface area contributed by atoms with Crippen LogP contribution in [0.15, 0.2) is 14.7 Å². The fraction of sp³-hybridized carbons (Fsp3) is 0.714. The first-order valence-corrected chi connectivity index (χ1v) is 11.8. The third kappa shape index (κ3) is 6.87. The molecule has 162 valence electrons. The van der Waals surface area contributed by atoms with Crippen molar-refractivity contribution in [3.8, 4) is 0 Å². The largest absolute Gasteiger partial charge is 0.329 e. The Morgan fingerprint density at radius 1 is 1.00 bits per heavy atom. The second-order valence-electron chi connectivity index (χ2n) is 7.71. The summed E-state index contributed by atoms with van der Waals surface area (Å²) in [5.41, 5.74) is -0.113. The Labute approximate surface area is 176 Å². The Kier molecular flexibility index (Phi) is 9.70. The summed E-state index contributed by atoms with van der Waals surface area (Å²) in [4.78, 5) is 42.5. The van der Waals surface area contributed by atoms with Crippen LogP contribution in [-0.4, -0.2) is 30.6 Å². The highest BCUT2D eigenvalue weighted by atomic mass is 32.2. The summed E-state index contributed by atoms with van der Waals surface area (Å²) in [7, 11) is 1.60. The van der Waals surface area contributed by atoms with Gasteiger partial charge in [0.25, 0.3) is 5.56 Å². The van der Waals surface area contributed by atoms with Gasteiger partial charge in [-0.15, -0.1) is 0 Å². The zero-order chi connectivity index (χ0) is 21.2. The number of hydrogen-bond acceptors (Lipinski definition) is 5. The fourth-order valence-electron chi connectivity index (χ4n) is 3.46. The highest BCUT2D eigenvalue weighted by molar-refractivity contribution is 7.99. The number of unbranched alkanes of at least 4 members (excludes halogenated alkanes) is 9. The van der Waals surface area contributed by atoms with Crippen molar-refractivity contribution in [2.24, 2.45) is 7.05 Å². The van der Waals surface area contributed by atoms with Crippen LogP contribution < -0.4 is 11.2 Å². The van der Waals surface area contributed by atoms with E-state index in [4.69, 9.17) is 0 Å². The van der Waals surface area contributed by atoms with Crippen molar-refractivity contribution in [1.29, 1.82) is 0 Å². The number of fused-ring (bicyclic) bond motifs is 1. The maximum atomic E-state index is 12.4. The first-order chi connectivity index (χ1) is 14.0. The lowest BCUT2D eigenvalue weighted by Crippen LogP contribution is -2.29. The minimum absolute atomic E-state index is 0.0512. The maximum Gasteiger partial charge on any atom is 0.329 e. The van der Waals surface area contributed by atoms with Crippen LogP contribution in [0.2, 0.25) is 0 Å². The van der Waals surface area contributed by atoms with Gasteiger partial charge in [0, 0.05) is 13.6 Å². The number of imidazole rings is 1. The Bertz CT molecular complexity index is 913. The Morgan fingerprint density at radius 3 is 2.17 bits per heavy atom. The molecule has 0 radical (unpaired) electrons. The van der Waals surface area contributed by atoms with Gasteiger partial charge in [0.05, 0.1) is 5.75 Å². The lowest BCUT2D eigenvalue weighted by molar-refractivity contribution is -0.114. The molecule has 0 aliphatic heterocycles. The highest BCUT2D eigenvalue weighted by Crippen LogP contribution is 2.22. The second-order valence-corrected chi connectivity index (χ2v) is 8.65. The van der Waals surface area contributed by atoms with Crippen molar-refractivity contribution in [3.05, 3.63) is 20.8 Å². The van der Waals surface area contributed by atoms with E-state index < -0.39 is 11.2 Å². The number of hydrogen-bond donors (Lipinski definition) is 1. The van der Waals surface area contributed by atoms with Crippen LogP contribution >= 0.6 is 11.8 Å². The quantitative estimate of drug-likeness (QED) is 0.367. The van der Waals surface area contributed by atoms with Crippen molar-refractivity contribution in [2.45, 2.75) is 89.8 Å². The molecule has 1 N–H and O–H groups in total. The molecule has 2 aromatic rings. The number of aromatic amines is 1. The van der Waals surface area contributed by atoms with Crippen LogP contribution in [0.5, 0.6) is 0 Å². The van der Waals surface area contributed by atoms with Gasteiger partial charge in [-0.05, 0) is 13.3 Å². The summed E-state index contributed by atoms with van der Waals surface area (Å²) < 4.78 is 3.22. The van der Waals surface area contributed by atoms with Crippen LogP contribution in [-0.2, 0) is 18.4 Å². The molecule has 0 amide bonds. The molecule has 0 aromatic carbocycles. The molecule has 0 saturated carbocycles. The molecule has 2 aromatic heterocycles. The van der Waals surface area contributed by atoms with Gasteiger partial charge >= 0.3 is 5.69 Å². The molecule has 0 atom stereocenters. The summed E-state index contributed by atoms with van der Waals surface area (Å²) in [6.07, 6.45) is 12.4. The van der Waals surface area contributed by atoms with E-state index in [1.54, 1.807) is 7.05 Å². The van der Waals surface area contributed by atoms with Crippen LogP contribution in [0.4, 0.5) is 0 Å². The van der Waals surface area contributed by atoms with E-state index in [0.29, 0.717) is 28.6 Å². The number of nitrogens with one attached hydrogen (secondary N) is 1. The van der Waals surface area contributed by atoms with Crippen molar-refractivity contribution < 1.29 is 4.79 Å². The Hall–Kier alpha value is -1.83. The van der Waals surface area contributed by atoms with Crippen molar-refractivity contribution in [1.82, 2.24) is 19.1 Å². The van der Waals surface area contributed by atoms with E-state index in [-0.39, 0.29) is 5.78 Å². The number of carbonyl (C=O) groups is 1. The zero-order valence-electron chi connectivity index (χ0n) is 18.0. The van der Waals surface area contributed by atoms with Gasteiger partial charge in [0.1, 0.15) is 5.78 Å². The van der Waals surface area contributed by atoms with Gasteiger partial charge in [-0.2, -0.15) is 0 Å². The van der Waals surface area contributed by atoms with E-state index in [0.717, 1.165) is 12.8 Å². The lowest BCUT2D eigenvalue weighted by atomic mass is 10.1. The summed E-state index contributed by atoms with van der Waals surface area (Å²) in [5, 5.41) is 0.623. The normalized spacial score (nSPS) is 11.4. The molecule has 7 nitrogen and oxygen atoms in total. The van der Waals surface area contributed by atoms with Gasteiger partial charge < -0.3 is 4.57 Å². The molecule has 0 aliphatic rings. The minimum atomic E-state index is -0.478. The smallest absolute Gasteiger partial charge is 0.313 e. The molecule has 2 heterocycles. The monoisotopic (exact) mass is 422 g/mol. The number of thioether (sulfide) groups is 1. The topological polar surface area (TPSA) is 89.8 Å². The molecule has 2 rings (SSSR count). The summed E-state index contributed by atoms with van der Waals surface area (Å²) in [6.45, 7) is 4.43. The van der Waals surface area contributed by atoms with Gasteiger partial charge in [-0.1, -0.05) is 76.5 Å². The maximum absolute atomic E-state index is 12.4. The number of rotatable bonds is 14. The highest BCUT2D eigenvalue weighted by Gasteiger charge is 2.17. The van der Waals surface area contributed by atoms with Gasteiger partial charge in [-0.3, -0.25) is 19.1 Å². The second kappa shape index (κ2) is 12.0. The number of carbonyl (C=O) groups excluding carboxylic acids is 1. The van der Waals surface area contributed by atoms with Crippen LogP contribution in [0.1, 0.15) is 78.1 Å². The molecule has 0 saturated heterocycles. The van der Waals surface area contributed by atoms with Crippen molar-refractivity contribution in [3.63, 3.8) is 0 Å². The predicted molar refractivity (Wildman–Crippen MR) is 119 cm³/mol. The third-order valence-corrected chi connectivity index (χ3v) is 6.23. The molecule has 0 fully saturated rings. The minimum Gasteiger partial charge on any atom is -0.313 e. The van der Waals surface area contributed by atoms with E-state index in [1.807, 2.05) is 4.57 Å². The van der Waals surface area contributed by atoms with Gasteiger partial charge in [0.15, 0.2) is 16.3 Å². The molecule has 0 unspecified atom stereocenters. The first kappa shape index (κ1) is 23.4. The molecule has 0 spiro atoms. The standard InChI is InChI=1S/C21H34N4O3S/c1-4-5-6-7-8-9-10-11-12-13-14-25-17-18(22-21(25)29-15-16(2)26)24(3)20(28)23-19(17)27/h4-15H2,1-3H3,(H,23,27,28). The molecular weight excluding hydrogens is 388 g/mol. The summed E-state index contributed by atoms with van der Waals surface area (Å²) >= 11 is 1.32. The van der Waals surface area contributed by atoms with Gasteiger partial charge in [0.2, 0.25) is 0 Å². The molecule has 29 heavy (non-hydrogen) atoms. The van der Waals surface area contributed by atoms with Crippen LogP contribution in [0, 0.1) is 0 Å². The third-order valence-electron chi connectivity index (χ3n) is 5.11. The number of H-pyrrole nitrogens is 1. The average molecular weight is 423 g/mol. The van der Waals surface area contributed by atoms with E-state index >= 15 is 0 Å². The van der Waals surface area contributed by atoms with Crippen molar-refractivity contribution in [2.75, 3.05) is 5.75 Å². The van der Waals surface area contributed by atoms with Crippen LogP contribution in [0.25, 0.3) is 11.2 Å². The lowest BCUT2D eigenvalue weighted by Gasteiger charge is -2.08. The van der Waals surface area contributed by atoms with Gasteiger partial charge in [-0.25, -0.2) is 9.78 Å². The van der Waals surface area contributed by atoms with E-state index in [9.17, 15) is 14.4 Å². The molecule has 0 aliphatic carbocycles. The molecule has 0 bridgehead atoms. The number of aryl methyl sites for hydroxylation is 2. The fourth-order valence-corrected chi connectivity index (χ4v) is 4.28. The zero-order valence-corrected chi connectivity index (χ0v) is 18.8. The average Bonchev–Trinajstić information content (AvgIpc) is 3.05. The molecular formula is C21H34N4O3S. The predicted octanol–water partition coefficient (Wildman–Crippen LogP) is 4.03.